The molecule has 28 heavy (non-hydrogen) atoms. The number of rotatable bonds is 8. The van der Waals surface area contributed by atoms with Gasteiger partial charge in [-0.05, 0) is 49.1 Å². The fourth-order valence-corrected chi connectivity index (χ4v) is 4.36. The van der Waals surface area contributed by atoms with Gasteiger partial charge in [-0.2, -0.15) is 0 Å². The smallest absolute Gasteiger partial charge is 0.240 e. The lowest BCUT2D eigenvalue weighted by atomic mass is 9.95. The van der Waals surface area contributed by atoms with Crippen LogP contribution in [0.15, 0.2) is 59.5 Å². The molecule has 2 atom stereocenters. The van der Waals surface area contributed by atoms with Crippen molar-refractivity contribution in [1.82, 2.24) is 4.72 Å². The van der Waals surface area contributed by atoms with Crippen LogP contribution in [0.5, 0.6) is 0 Å². The van der Waals surface area contributed by atoms with Crippen LogP contribution in [0.2, 0.25) is 0 Å². The molecule has 3 rings (SSSR count). The second kappa shape index (κ2) is 9.32. The molecule has 7 heteroatoms. The van der Waals surface area contributed by atoms with Crippen molar-refractivity contribution in [2.24, 2.45) is 0 Å². The van der Waals surface area contributed by atoms with Crippen molar-refractivity contribution >= 4 is 21.6 Å². The minimum Gasteiger partial charge on any atom is -0.377 e. The summed E-state index contributed by atoms with van der Waals surface area (Å²) in [6.45, 7) is 2.92. The number of amides is 1. The average molecular weight is 403 g/mol. The van der Waals surface area contributed by atoms with Crippen LogP contribution in [0.4, 0.5) is 5.69 Å². The van der Waals surface area contributed by atoms with Crippen LogP contribution in [-0.2, 0) is 19.6 Å². The van der Waals surface area contributed by atoms with E-state index < -0.39 is 10.0 Å². The first kappa shape index (κ1) is 20.5. The average Bonchev–Trinajstić information content (AvgIpc) is 3.22. The van der Waals surface area contributed by atoms with E-state index >= 15 is 0 Å². The molecular weight excluding hydrogens is 376 g/mol. The molecule has 1 fully saturated rings. The van der Waals surface area contributed by atoms with Crippen molar-refractivity contribution in [3.63, 3.8) is 0 Å². The lowest BCUT2D eigenvalue weighted by Crippen LogP contribution is -2.31. The topological polar surface area (TPSA) is 84.5 Å². The molecule has 1 aliphatic rings. The zero-order chi connectivity index (χ0) is 20.0. The summed E-state index contributed by atoms with van der Waals surface area (Å²) < 4.78 is 32.8. The predicted molar refractivity (Wildman–Crippen MR) is 109 cm³/mol. The number of hydrogen-bond acceptors (Lipinski definition) is 4. The van der Waals surface area contributed by atoms with Gasteiger partial charge in [-0.1, -0.05) is 37.3 Å². The Morgan fingerprint density at radius 3 is 2.46 bits per heavy atom. The Kier molecular flexibility index (Phi) is 6.83. The van der Waals surface area contributed by atoms with Crippen molar-refractivity contribution in [3.8, 4) is 0 Å². The molecule has 0 aromatic heterocycles. The second-order valence-electron chi connectivity index (χ2n) is 6.87. The van der Waals surface area contributed by atoms with E-state index in [2.05, 4.69) is 10.0 Å². The predicted octanol–water partition coefficient (Wildman–Crippen LogP) is 3.28. The van der Waals surface area contributed by atoms with Gasteiger partial charge in [0.05, 0.1) is 16.9 Å². The normalized spacial score (nSPS) is 18.0. The molecule has 150 valence electrons. The van der Waals surface area contributed by atoms with Crippen molar-refractivity contribution in [2.75, 3.05) is 18.5 Å². The van der Waals surface area contributed by atoms with E-state index in [1.54, 1.807) is 12.1 Å². The van der Waals surface area contributed by atoms with Crippen LogP contribution in [0.25, 0.3) is 0 Å². The van der Waals surface area contributed by atoms with Gasteiger partial charge >= 0.3 is 0 Å². The van der Waals surface area contributed by atoms with Crippen LogP contribution >= 0.6 is 0 Å². The lowest BCUT2D eigenvalue weighted by molar-refractivity contribution is -0.117. The molecular formula is C21H26N2O4S. The Labute approximate surface area is 166 Å². The van der Waals surface area contributed by atoms with E-state index in [1.165, 1.54) is 12.1 Å². The molecule has 1 amide bonds. The SMILES string of the molecule is CC[C@H](C(=O)Nc1ccc(S(=O)(=O)NC[C@@H]2CCCO2)cc1)c1ccccc1. The third-order valence-corrected chi connectivity index (χ3v) is 6.32. The number of sulfonamides is 1. The molecule has 2 aromatic rings. The van der Waals surface area contributed by atoms with Gasteiger partial charge in [0.1, 0.15) is 0 Å². The highest BCUT2D eigenvalue weighted by Crippen LogP contribution is 2.22. The van der Waals surface area contributed by atoms with Gasteiger partial charge in [0.25, 0.3) is 0 Å². The van der Waals surface area contributed by atoms with Gasteiger partial charge in [-0.3, -0.25) is 4.79 Å². The lowest BCUT2D eigenvalue weighted by Gasteiger charge is -2.16. The maximum Gasteiger partial charge on any atom is 0.240 e. The molecule has 1 saturated heterocycles. The van der Waals surface area contributed by atoms with E-state index in [9.17, 15) is 13.2 Å². The molecule has 2 aromatic carbocycles. The Hall–Kier alpha value is -2.22. The summed E-state index contributed by atoms with van der Waals surface area (Å²) in [5, 5.41) is 2.87. The van der Waals surface area contributed by atoms with Crippen LogP contribution in [-0.4, -0.2) is 33.6 Å². The minimum absolute atomic E-state index is 0.0581. The van der Waals surface area contributed by atoms with E-state index in [4.69, 9.17) is 4.74 Å². The summed E-state index contributed by atoms with van der Waals surface area (Å²) in [5.74, 6) is -0.362. The van der Waals surface area contributed by atoms with Crippen molar-refractivity contribution in [1.29, 1.82) is 0 Å². The number of hydrogen-bond donors (Lipinski definition) is 2. The Morgan fingerprint density at radius 2 is 1.86 bits per heavy atom. The number of carbonyl (C=O) groups is 1. The highest BCUT2D eigenvalue weighted by Gasteiger charge is 2.21. The highest BCUT2D eigenvalue weighted by atomic mass is 32.2. The fraction of sp³-hybridized carbons (Fsp3) is 0.381. The van der Waals surface area contributed by atoms with Gasteiger partial charge in [0.15, 0.2) is 0 Å². The summed E-state index contributed by atoms with van der Waals surface area (Å²) in [6.07, 6.45) is 2.45. The molecule has 0 unspecified atom stereocenters. The first-order valence-corrected chi connectivity index (χ1v) is 11.0. The molecule has 0 saturated carbocycles. The quantitative estimate of drug-likeness (QED) is 0.710. The van der Waals surface area contributed by atoms with Crippen molar-refractivity contribution in [3.05, 3.63) is 60.2 Å². The number of benzene rings is 2. The molecule has 0 spiro atoms. The van der Waals surface area contributed by atoms with Gasteiger partial charge in [0.2, 0.25) is 15.9 Å². The molecule has 0 aliphatic carbocycles. The summed E-state index contributed by atoms with van der Waals surface area (Å²) in [6, 6.07) is 15.8. The van der Waals surface area contributed by atoms with Crippen LogP contribution in [0, 0.1) is 0 Å². The third-order valence-electron chi connectivity index (χ3n) is 4.88. The maximum atomic E-state index is 12.6. The molecule has 0 radical (unpaired) electrons. The van der Waals surface area contributed by atoms with Crippen LogP contribution in [0.3, 0.4) is 0 Å². The first-order chi connectivity index (χ1) is 13.5. The number of ether oxygens (including phenoxy) is 1. The van der Waals surface area contributed by atoms with Crippen LogP contribution in [0.1, 0.15) is 37.7 Å². The second-order valence-corrected chi connectivity index (χ2v) is 8.64. The third kappa shape index (κ3) is 5.19. The molecule has 1 heterocycles. The number of anilines is 1. The molecule has 6 nitrogen and oxygen atoms in total. The Morgan fingerprint density at radius 1 is 1.14 bits per heavy atom. The summed E-state index contributed by atoms with van der Waals surface area (Å²) >= 11 is 0. The van der Waals surface area contributed by atoms with Crippen molar-refractivity contribution < 1.29 is 17.9 Å². The Balaban J connectivity index is 1.62. The summed E-state index contributed by atoms with van der Waals surface area (Å²) in [5.41, 5.74) is 1.53. The summed E-state index contributed by atoms with van der Waals surface area (Å²) in [4.78, 5) is 12.8. The van der Waals surface area contributed by atoms with E-state index in [-0.39, 0.29) is 29.4 Å². The first-order valence-electron chi connectivity index (χ1n) is 9.56. The molecule has 2 N–H and O–H groups in total. The largest absolute Gasteiger partial charge is 0.377 e. The van der Waals surface area contributed by atoms with E-state index in [1.807, 2.05) is 37.3 Å². The van der Waals surface area contributed by atoms with Crippen LogP contribution < -0.4 is 10.0 Å². The summed E-state index contributed by atoms with van der Waals surface area (Å²) in [7, 11) is -3.60. The van der Waals surface area contributed by atoms with Gasteiger partial charge in [-0.15, -0.1) is 0 Å². The fourth-order valence-electron chi connectivity index (χ4n) is 3.30. The van der Waals surface area contributed by atoms with Gasteiger partial charge < -0.3 is 10.1 Å². The molecule has 1 aliphatic heterocycles. The van der Waals surface area contributed by atoms with E-state index in [0.717, 1.165) is 18.4 Å². The highest BCUT2D eigenvalue weighted by molar-refractivity contribution is 7.89. The zero-order valence-corrected chi connectivity index (χ0v) is 16.7. The van der Waals surface area contributed by atoms with E-state index in [0.29, 0.717) is 18.7 Å². The maximum absolute atomic E-state index is 12.6. The van der Waals surface area contributed by atoms with Crippen molar-refractivity contribution in [2.45, 2.75) is 43.1 Å². The van der Waals surface area contributed by atoms with Gasteiger partial charge in [0, 0.05) is 18.8 Å². The monoisotopic (exact) mass is 402 g/mol. The standard InChI is InChI=1S/C21H26N2O4S/c1-2-20(16-7-4-3-5-8-16)21(24)23-17-10-12-19(13-11-17)28(25,26)22-15-18-9-6-14-27-18/h3-5,7-8,10-13,18,20,22H,2,6,9,14-15H2,1H3,(H,23,24)/t18-,20-/m0/s1. The Bertz CT molecular complexity index is 876. The number of carbonyl (C=O) groups excluding carboxylic acids is 1. The number of nitrogens with one attached hydrogen (secondary N) is 2. The van der Waals surface area contributed by atoms with Gasteiger partial charge in [-0.25, -0.2) is 13.1 Å². The zero-order valence-electron chi connectivity index (χ0n) is 15.9. The molecule has 0 bridgehead atoms. The minimum atomic E-state index is -3.60.